The van der Waals surface area contributed by atoms with E-state index < -0.39 is 11.7 Å². The summed E-state index contributed by atoms with van der Waals surface area (Å²) in [6.07, 6.45) is -4.46. The lowest BCUT2D eigenvalue weighted by Gasteiger charge is -2.13. The normalized spacial score (nSPS) is 11.3. The molecule has 2 rings (SSSR count). The average Bonchev–Trinajstić information content (AvgIpc) is 2.36. The lowest BCUT2D eigenvalue weighted by atomic mass is 10.2. The third-order valence-corrected chi connectivity index (χ3v) is 2.90. The van der Waals surface area contributed by atoms with Gasteiger partial charge in [-0.3, -0.25) is 0 Å². The van der Waals surface area contributed by atoms with E-state index in [0.29, 0.717) is 17.1 Å². The highest BCUT2D eigenvalue weighted by molar-refractivity contribution is 6.31. The minimum atomic E-state index is -4.46. The molecule has 0 amide bonds. The van der Waals surface area contributed by atoms with Crippen molar-refractivity contribution >= 4 is 28.7 Å². The molecule has 0 saturated carbocycles. The van der Waals surface area contributed by atoms with E-state index in [2.05, 4.69) is 5.32 Å². The Labute approximate surface area is 124 Å². The summed E-state index contributed by atoms with van der Waals surface area (Å²) in [7, 11) is 1.47. The molecule has 7 heteroatoms. The van der Waals surface area contributed by atoms with Gasteiger partial charge in [0.1, 0.15) is 5.75 Å². The number of nitrogens with two attached hydrogens (primary N) is 1. The minimum Gasteiger partial charge on any atom is -0.497 e. The van der Waals surface area contributed by atoms with E-state index in [-0.39, 0.29) is 10.7 Å². The zero-order valence-corrected chi connectivity index (χ0v) is 11.7. The number of alkyl halides is 3. The maximum atomic E-state index is 12.7. The fraction of sp³-hybridized carbons (Fsp3) is 0.143. The van der Waals surface area contributed by atoms with Gasteiger partial charge in [-0.2, -0.15) is 13.2 Å². The fourth-order valence-corrected chi connectivity index (χ4v) is 2.04. The molecule has 0 heterocycles. The molecule has 0 unspecified atom stereocenters. The predicted molar refractivity (Wildman–Crippen MR) is 77.1 cm³/mol. The van der Waals surface area contributed by atoms with Crippen molar-refractivity contribution < 1.29 is 17.9 Å². The largest absolute Gasteiger partial charge is 0.497 e. The molecule has 2 aromatic rings. The van der Waals surface area contributed by atoms with E-state index >= 15 is 0 Å². The molecular weight excluding hydrogens is 305 g/mol. The van der Waals surface area contributed by atoms with Crippen LogP contribution >= 0.6 is 11.6 Å². The zero-order valence-electron chi connectivity index (χ0n) is 11.0. The molecule has 3 nitrogen and oxygen atoms in total. The number of rotatable bonds is 3. The van der Waals surface area contributed by atoms with Crippen LogP contribution < -0.4 is 15.8 Å². The fourth-order valence-electron chi connectivity index (χ4n) is 1.80. The first-order chi connectivity index (χ1) is 9.77. The first-order valence-electron chi connectivity index (χ1n) is 5.87. The van der Waals surface area contributed by atoms with Gasteiger partial charge in [0, 0.05) is 34.2 Å². The molecule has 3 N–H and O–H groups in total. The number of nitrogen functional groups attached to an aromatic ring is 1. The summed E-state index contributed by atoms with van der Waals surface area (Å²) in [5.41, 5.74) is 6.00. The summed E-state index contributed by atoms with van der Waals surface area (Å²) in [4.78, 5) is 0. The molecule has 0 atom stereocenters. The van der Waals surface area contributed by atoms with Gasteiger partial charge in [-0.25, -0.2) is 0 Å². The Morgan fingerprint density at radius 2 is 1.71 bits per heavy atom. The number of nitrogens with one attached hydrogen (secondary N) is 1. The van der Waals surface area contributed by atoms with Crippen molar-refractivity contribution in [3.63, 3.8) is 0 Å². The molecule has 0 fully saturated rings. The lowest BCUT2D eigenvalue weighted by Crippen LogP contribution is -2.05. The van der Waals surface area contributed by atoms with Crippen molar-refractivity contribution in [1.82, 2.24) is 0 Å². The van der Waals surface area contributed by atoms with E-state index in [1.807, 2.05) is 0 Å². The van der Waals surface area contributed by atoms with Crippen LogP contribution in [0.5, 0.6) is 5.75 Å². The summed E-state index contributed by atoms with van der Waals surface area (Å²) in [5, 5.41) is 2.82. The molecule has 0 spiro atoms. The predicted octanol–water partition coefficient (Wildman–Crippen LogP) is 4.69. The highest BCUT2D eigenvalue weighted by atomic mass is 35.5. The van der Waals surface area contributed by atoms with Gasteiger partial charge >= 0.3 is 6.18 Å². The number of ether oxygens (including phenoxy) is 1. The van der Waals surface area contributed by atoms with Gasteiger partial charge in [-0.1, -0.05) is 11.6 Å². The van der Waals surface area contributed by atoms with E-state index in [1.165, 1.54) is 13.2 Å². The molecule has 112 valence electrons. The smallest absolute Gasteiger partial charge is 0.416 e. The van der Waals surface area contributed by atoms with E-state index in [1.54, 1.807) is 18.2 Å². The van der Waals surface area contributed by atoms with Crippen LogP contribution in [-0.4, -0.2) is 7.11 Å². The van der Waals surface area contributed by atoms with Crippen molar-refractivity contribution in [3.8, 4) is 5.75 Å². The summed E-state index contributed by atoms with van der Waals surface area (Å²) >= 11 is 5.72. The van der Waals surface area contributed by atoms with Crippen LogP contribution in [0, 0.1) is 0 Å². The monoisotopic (exact) mass is 316 g/mol. The second-order valence-electron chi connectivity index (χ2n) is 4.35. The van der Waals surface area contributed by atoms with Gasteiger partial charge in [0.15, 0.2) is 0 Å². The van der Waals surface area contributed by atoms with Gasteiger partial charge in [0.05, 0.1) is 12.7 Å². The quantitative estimate of drug-likeness (QED) is 0.807. The van der Waals surface area contributed by atoms with Gasteiger partial charge in [0.2, 0.25) is 0 Å². The van der Waals surface area contributed by atoms with Gasteiger partial charge in [0.25, 0.3) is 0 Å². The van der Waals surface area contributed by atoms with Crippen LogP contribution in [0.1, 0.15) is 5.56 Å². The second-order valence-corrected chi connectivity index (χ2v) is 4.78. The Morgan fingerprint density at radius 3 is 2.33 bits per heavy atom. The van der Waals surface area contributed by atoms with Crippen molar-refractivity contribution in [2.24, 2.45) is 0 Å². The summed E-state index contributed by atoms with van der Waals surface area (Å²) in [6.45, 7) is 0. The van der Waals surface area contributed by atoms with Crippen LogP contribution in [-0.2, 0) is 6.18 Å². The molecule has 21 heavy (non-hydrogen) atoms. The lowest BCUT2D eigenvalue weighted by molar-refractivity contribution is -0.137. The van der Waals surface area contributed by atoms with E-state index in [4.69, 9.17) is 22.1 Å². The third kappa shape index (κ3) is 3.95. The Hall–Kier alpha value is -2.08. The first-order valence-corrected chi connectivity index (χ1v) is 6.25. The van der Waals surface area contributed by atoms with Crippen molar-refractivity contribution in [3.05, 3.63) is 47.0 Å². The molecule has 0 aliphatic heterocycles. The van der Waals surface area contributed by atoms with Crippen LogP contribution in [0.25, 0.3) is 0 Å². The van der Waals surface area contributed by atoms with Crippen LogP contribution in [0.3, 0.4) is 0 Å². The second kappa shape index (κ2) is 5.73. The topological polar surface area (TPSA) is 47.3 Å². The Morgan fingerprint density at radius 1 is 1.05 bits per heavy atom. The highest BCUT2D eigenvalue weighted by Crippen LogP contribution is 2.34. The van der Waals surface area contributed by atoms with Crippen LogP contribution in [0.2, 0.25) is 5.02 Å². The van der Waals surface area contributed by atoms with Crippen molar-refractivity contribution in [2.45, 2.75) is 6.18 Å². The molecule has 2 aromatic carbocycles. The molecule has 0 bridgehead atoms. The number of hydrogen-bond donors (Lipinski definition) is 2. The molecule has 0 aliphatic carbocycles. The van der Waals surface area contributed by atoms with Crippen LogP contribution in [0.15, 0.2) is 36.4 Å². The molecule has 0 aromatic heterocycles. The average molecular weight is 317 g/mol. The van der Waals surface area contributed by atoms with Gasteiger partial charge in [-0.05, 0) is 24.3 Å². The number of halogens is 4. The Balaban J connectivity index is 2.35. The van der Waals surface area contributed by atoms with E-state index in [9.17, 15) is 13.2 Å². The van der Waals surface area contributed by atoms with Gasteiger partial charge < -0.3 is 15.8 Å². The van der Waals surface area contributed by atoms with E-state index in [0.717, 1.165) is 12.1 Å². The zero-order chi connectivity index (χ0) is 15.6. The standard InChI is InChI=1S/C14H12ClF3N2O/c1-21-13-6-10(19)5-12(7-13)20-11-3-8(14(16,17)18)2-9(15)4-11/h2-7,20H,19H2,1H3. The first kappa shape index (κ1) is 15.3. The SMILES string of the molecule is COc1cc(N)cc(Nc2cc(Cl)cc(C(F)(F)F)c2)c1. The number of hydrogen-bond acceptors (Lipinski definition) is 3. The molecule has 0 radical (unpaired) electrons. The van der Waals surface area contributed by atoms with Gasteiger partial charge in [-0.15, -0.1) is 0 Å². The Bertz CT molecular complexity index is 659. The molecule has 0 saturated heterocycles. The van der Waals surface area contributed by atoms with Crippen molar-refractivity contribution in [1.29, 1.82) is 0 Å². The maximum absolute atomic E-state index is 12.7. The third-order valence-electron chi connectivity index (χ3n) is 2.68. The molecular formula is C14H12ClF3N2O. The van der Waals surface area contributed by atoms with Crippen LogP contribution in [0.4, 0.5) is 30.2 Å². The summed E-state index contributed by atoms with van der Waals surface area (Å²) < 4.78 is 43.3. The number of anilines is 3. The summed E-state index contributed by atoms with van der Waals surface area (Å²) in [5.74, 6) is 0.496. The number of methoxy groups -OCH3 is 1. The minimum absolute atomic E-state index is 0.0109. The number of benzene rings is 2. The molecule has 0 aliphatic rings. The Kier molecular flexibility index (Phi) is 4.18. The summed E-state index contributed by atoms with van der Waals surface area (Å²) in [6, 6.07) is 8.03. The maximum Gasteiger partial charge on any atom is 0.416 e. The van der Waals surface area contributed by atoms with Crippen molar-refractivity contribution in [2.75, 3.05) is 18.2 Å². The highest BCUT2D eigenvalue weighted by Gasteiger charge is 2.31.